The van der Waals surface area contributed by atoms with Gasteiger partial charge in [0.15, 0.2) is 0 Å². The molecule has 0 radical (unpaired) electrons. The number of hydrogen-bond donors (Lipinski definition) is 1. The van der Waals surface area contributed by atoms with Crippen LogP contribution in [0.1, 0.15) is 12.8 Å². The van der Waals surface area contributed by atoms with Crippen LogP contribution in [0.3, 0.4) is 0 Å². The molecule has 0 saturated carbocycles. The Bertz CT molecular complexity index is 307. The maximum absolute atomic E-state index is 8.72. The Morgan fingerprint density at radius 1 is 1.50 bits per heavy atom. The van der Waals surface area contributed by atoms with Gasteiger partial charge < -0.3 is 14.7 Å². The van der Waals surface area contributed by atoms with E-state index < -0.39 is 0 Å². The summed E-state index contributed by atoms with van der Waals surface area (Å²) in [5, 5.41) is 8.72. The van der Waals surface area contributed by atoms with Crippen LogP contribution in [0.2, 0.25) is 0 Å². The first-order valence-corrected chi connectivity index (χ1v) is 5.63. The third kappa shape index (κ3) is 2.90. The van der Waals surface area contributed by atoms with E-state index in [4.69, 9.17) is 9.84 Å². The predicted molar refractivity (Wildman–Crippen MR) is 60.3 cm³/mol. The van der Waals surface area contributed by atoms with Crippen molar-refractivity contribution in [1.29, 1.82) is 0 Å². The zero-order valence-electron chi connectivity index (χ0n) is 9.25. The van der Waals surface area contributed by atoms with E-state index in [1.165, 1.54) is 0 Å². The van der Waals surface area contributed by atoms with Gasteiger partial charge in [0.05, 0.1) is 25.5 Å². The predicted octanol–water partition coefficient (Wildman–Crippen LogP) is 0.454. The maximum atomic E-state index is 8.72. The van der Waals surface area contributed by atoms with Crippen LogP contribution in [-0.4, -0.2) is 47.5 Å². The summed E-state index contributed by atoms with van der Waals surface area (Å²) in [4.78, 5) is 10.5. The molecule has 1 aromatic heterocycles. The van der Waals surface area contributed by atoms with Crippen molar-refractivity contribution in [2.45, 2.75) is 18.9 Å². The number of piperidine rings is 1. The molecule has 0 spiro atoms. The normalized spacial score (nSPS) is 21.1. The van der Waals surface area contributed by atoms with Crippen LogP contribution in [0.25, 0.3) is 0 Å². The minimum atomic E-state index is 0.0850. The molecule has 88 valence electrons. The minimum Gasteiger partial charge on any atom is -0.394 e. The second-order valence-corrected chi connectivity index (χ2v) is 3.87. The second-order valence-electron chi connectivity index (χ2n) is 3.87. The van der Waals surface area contributed by atoms with E-state index in [1.54, 1.807) is 18.6 Å². The van der Waals surface area contributed by atoms with Crippen molar-refractivity contribution in [3.8, 4) is 0 Å². The molecule has 2 heterocycles. The molecule has 5 nitrogen and oxygen atoms in total. The summed E-state index contributed by atoms with van der Waals surface area (Å²) in [6.07, 6.45) is 7.49. The fourth-order valence-electron chi connectivity index (χ4n) is 1.96. The first kappa shape index (κ1) is 11.3. The molecule has 1 aliphatic heterocycles. The lowest BCUT2D eigenvalue weighted by molar-refractivity contribution is 0.0213. The van der Waals surface area contributed by atoms with E-state index in [1.807, 2.05) is 0 Å². The van der Waals surface area contributed by atoms with Gasteiger partial charge in [-0.05, 0) is 12.8 Å². The first-order chi connectivity index (χ1) is 7.90. The van der Waals surface area contributed by atoms with Crippen molar-refractivity contribution in [2.24, 2.45) is 0 Å². The highest BCUT2D eigenvalue weighted by Gasteiger charge is 2.21. The molecule has 1 unspecified atom stereocenters. The van der Waals surface area contributed by atoms with Crippen LogP contribution in [0.4, 0.5) is 5.82 Å². The van der Waals surface area contributed by atoms with E-state index in [9.17, 15) is 0 Å². The van der Waals surface area contributed by atoms with Crippen molar-refractivity contribution in [2.75, 3.05) is 31.2 Å². The Morgan fingerprint density at radius 2 is 2.44 bits per heavy atom. The summed E-state index contributed by atoms with van der Waals surface area (Å²) in [6.45, 7) is 2.33. The highest BCUT2D eigenvalue weighted by atomic mass is 16.5. The van der Waals surface area contributed by atoms with E-state index in [-0.39, 0.29) is 12.7 Å². The van der Waals surface area contributed by atoms with E-state index in [2.05, 4.69) is 14.9 Å². The molecule has 0 aromatic carbocycles. The Kier molecular flexibility index (Phi) is 4.07. The largest absolute Gasteiger partial charge is 0.394 e. The highest BCUT2D eigenvalue weighted by Crippen LogP contribution is 2.18. The van der Waals surface area contributed by atoms with Crippen LogP contribution in [-0.2, 0) is 4.74 Å². The second kappa shape index (κ2) is 5.77. The van der Waals surface area contributed by atoms with E-state index >= 15 is 0 Å². The molecular weight excluding hydrogens is 206 g/mol. The first-order valence-electron chi connectivity index (χ1n) is 5.63. The van der Waals surface area contributed by atoms with E-state index in [0.29, 0.717) is 6.61 Å². The van der Waals surface area contributed by atoms with Gasteiger partial charge in [-0.15, -0.1) is 0 Å². The molecule has 1 saturated heterocycles. The summed E-state index contributed by atoms with van der Waals surface area (Å²) in [7, 11) is 0. The maximum Gasteiger partial charge on any atom is 0.147 e. The zero-order valence-corrected chi connectivity index (χ0v) is 9.25. The summed E-state index contributed by atoms with van der Waals surface area (Å²) >= 11 is 0. The zero-order chi connectivity index (χ0) is 11.2. The van der Waals surface area contributed by atoms with Crippen LogP contribution in [0.15, 0.2) is 18.6 Å². The minimum absolute atomic E-state index is 0.0850. The van der Waals surface area contributed by atoms with Crippen molar-refractivity contribution in [1.82, 2.24) is 9.97 Å². The SMILES string of the molecule is OCCOC1CCCN(c2cnccn2)C1. The molecule has 1 aromatic rings. The van der Waals surface area contributed by atoms with Gasteiger partial charge in [-0.2, -0.15) is 0 Å². The molecule has 0 bridgehead atoms. The molecule has 1 N–H and O–H groups in total. The molecule has 0 aliphatic carbocycles. The Hall–Kier alpha value is -1.20. The summed E-state index contributed by atoms with van der Waals surface area (Å²) in [5.74, 6) is 0.903. The van der Waals surface area contributed by atoms with Crippen LogP contribution in [0, 0.1) is 0 Å². The standard InChI is InChI=1S/C11H17N3O2/c15-6-7-16-10-2-1-5-14(9-10)11-8-12-3-4-13-11/h3-4,8,10,15H,1-2,5-7,9H2. The third-order valence-electron chi connectivity index (χ3n) is 2.70. The van der Waals surface area contributed by atoms with Gasteiger partial charge in [-0.3, -0.25) is 4.98 Å². The topological polar surface area (TPSA) is 58.5 Å². The lowest BCUT2D eigenvalue weighted by Crippen LogP contribution is -2.40. The average molecular weight is 223 g/mol. The summed E-state index contributed by atoms with van der Waals surface area (Å²) < 4.78 is 5.54. The molecule has 1 fully saturated rings. The van der Waals surface area contributed by atoms with Crippen LogP contribution in [0.5, 0.6) is 0 Å². The summed E-state index contributed by atoms with van der Waals surface area (Å²) in [6, 6.07) is 0. The average Bonchev–Trinajstić information content (AvgIpc) is 2.38. The van der Waals surface area contributed by atoms with Crippen LogP contribution < -0.4 is 4.90 Å². The molecule has 5 heteroatoms. The molecule has 1 aliphatic rings. The number of aromatic nitrogens is 2. The lowest BCUT2D eigenvalue weighted by Gasteiger charge is -2.33. The number of aliphatic hydroxyl groups is 1. The fourth-order valence-corrected chi connectivity index (χ4v) is 1.96. The third-order valence-corrected chi connectivity index (χ3v) is 2.70. The smallest absolute Gasteiger partial charge is 0.147 e. The Balaban J connectivity index is 1.91. The molecule has 0 amide bonds. The monoisotopic (exact) mass is 223 g/mol. The number of anilines is 1. The van der Waals surface area contributed by atoms with Gasteiger partial charge >= 0.3 is 0 Å². The van der Waals surface area contributed by atoms with E-state index in [0.717, 1.165) is 31.7 Å². The van der Waals surface area contributed by atoms with Crippen molar-refractivity contribution >= 4 is 5.82 Å². The van der Waals surface area contributed by atoms with Crippen molar-refractivity contribution in [3.05, 3.63) is 18.6 Å². The summed E-state index contributed by atoms with van der Waals surface area (Å²) in [5.41, 5.74) is 0. The highest BCUT2D eigenvalue weighted by molar-refractivity contribution is 5.35. The van der Waals surface area contributed by atoms with Gasteiger partial charge in [0.1, 0.15) is 5.82 Å². The van der Waals surface area contributed by atoms with Gasteiger partial charge in [-0.25, -0.2) is 4.98 Å². The van der Waals surface area contributed by atoms with Crippen LogP contribution >= 0.6 is 0 Å². The number of hydrogen-bond acceptors (Lipinski definition) is 5. The van der Waals surface area contributed by atoms with Crippen molar-refractivity contribution < 1.29 is 9.84 Å². The number of ether oxygens (including phenoxy) is 1. The fraction of sp³-hybridized carbons (Fsp3) is 0.636. The number of aliphatic hydroxyl groups excluding tert-OH is 1. The Labute approximate surface area is 95.1 Å². The van der Waals surface area contributed by atoms with Gasteiger partial charge in [0.2, 0.25) is 0 Å². The quantitative estimate of drug-likeness (QED) is 0.803. The molecular formula is C11H17N3O2. The molecule has 1 atom stereocenters. The van der Waals surface area contributed by atoms with Gasteiger partial charge in [0.25, 0.3) is 0 Å². The lowest BCUT2D eigenvalue weighted by atomic mass is 10.1. The number of nitrogens with zero attached hydrogens (tertiary/aromatic N) is 3. The molecule has 16 heavy (non-hydrogen) atoms. The molecule has 2 rings (SSSR count). The number of rotatable bonds is 4. The van der Waals surface area contributed by atoms with Crippen molar-refractivity contribution in [3.63, 3.8) is 0 Å². The van der Waals surface area contributed by atoms with Gasteiger partial charge in [0, 0.05) is 25.5 Å². The van der Waals surface area contributed by atoms with Gasteiger partial charge in [-0.1, -0.05) is 0 Å². The Morgan fingerprint density at radius 3 is 3.19 bits per heavy atom.